The van der Waals surface area contributed by atoms with Crippen molar-refractivity contribution in [3.63, 3.8) is 0 Å². The lowest BCUT2D eigenvalue weighted by atomic mass is 9.67. The SMILES string of the molecule is CCNC(=S)C1(c2ccc3nccn3c2)CCCCC1OC(=O)CNS(=O)(=O)c1cccc2ccccc12. The highest BCUT2D eigenvalue weighted by molar-refractivity contribution is 7.89. The van der Waals surface area contributed by atoms with Gasteiger partial charge in [0.2, 0.25) is 10.0 Å². The van der Waals surface area contributed by atoms with Crippen molar-refractivity contribution in [2.75, 3.05) is 13.1 Å². The van der Waals surface area contributed by atoms with Gasteiger partial charge in [-0.25, -0.2) is 13.4 Å². The molecule has 1 aliphatic rings. The maximum Gasteiger partial charge on any atom is 0.321 e. The number of ether oxygens (including phenoxy) is 1. The maximum absolute atomic E-state index is 13.1. The van der Waals surface area contributed by atoms with Crippen molar-refractivity contribution in [2.24, 2.45) is 0 Å². The predicted octanol–water partition coefficient (Wildman–Crippen LogP) is 4.13. The zero-order valence-electron chi connectivity index (χ0n) is 21.1. The van der Waals surface area contributed by atoms with E-state index in [-0.39, 0.29) is 4.90 Å². The molecule has 8 nitrogen and oxygen atoms in total. The van der Waals surface area contributed by atoms with E-state index in [2.05, 4.69) is 15.0 Å². The number of aromatic nitrogens is 2. The van der Waals surface area contributed by atoms with Gasteiger partial charge in [0.15, 0.2) is 0 Å². The summed E-state index contributed by atoms with van der Waals surface area (Å²) < 4.78 is 36.6. The second-order valence-corrected chi connectivity index (χ2v) is 11.6. The van der Waals surface area contributed by atoms with Crippen LogP contribution >= 0.6 is 12.2 Å². The Balaban J connectivity index is 1.39. The molecular formula is C28H30N4O4S2. The normalized spacial score (nSPS) is 19.9. The highest BCUT2D eigenvalue weighted by Gasteiger charge is 2.48. The molecule has 10 heteroatoms. The van der Waals surface area contributed by atoms with Crippen LogP contribution in [0.3, 0.4) is 0 Å². The Morgan fingerprint density at radius 3 is 2.82 bits per heavy atom. The van der Waals surface area contributed by atoms with E-state index in [1.807, 2.05) is 54.0 Å². The van der Waals surface area contributed by atoms with Gasteiger partial charge in [-0.2, -0.15) is 4.72 Å². The summed E-state index contributed by atoms with van der Waals surface area (Å²) in [6.07, 6.45) is 8.18. The Morgan fingerprint density at radius 2 is 1.97 bits per heavy atom. The number of pyridine rings is 1. The number of nitrogens with zero attached hydrogens (tertiary/aromatic N) is 2. The molecule has 1 aliphatic carbocycles. The van der Waals surface area contributed by atoms with E-state index in [0.717, 1.165) is 29.4 Å². The van der Waals surface area contributed by atoms with E-state index in [0.29, 0.717) is 29.8 Å². The number of benzene rings is 2. The quantitative estimate of drug-likeness (QED) is 0.251. The first kappa shape index (κ1) is 26.3. The number of likely N-dealkylation sites (N-methyl/N-ethyl adjacent to an activating group) is 1. The third-order valence-electron chi connectivity index (χ3n) is 7.20. The third kappa shape index (κ3) is 4.91. The van der Waals surface area contributed by atoms with Crippen LogP contribution in [0.5, 0.6) is 0 Å². The summed E-state index contributed by atoms with van der Waals surface area (Å²) in [5, 5.41) is 4.69. The van der Waals surface area contributed by atoms with Gasteiger partial charge in [-0.3, -0.25) is 4.79 Å². The Morgan fingerprint density at radius 1 is 1.16 bits per heavy atom. The standard InChI is InChI=1S/C28H30N4O4S2/c1-2-29-27(37)28(21-13-14-25-30-16-17-32(25)19-21)15-6-5-12-24(28)36-26(33)18-31-38(34,35)23-11-7-9-20-8-3-4-10-22(20)23/h3-4,7-11,13-14,16-17,19,24,31H,2,5-6,12,15,18H2,1H3,(H,29,37). The molecule has 5 rings (SSSR count). The molecule has 2 N–H and O–H groups in total. The molecule has 2 atom stereocenters. The van der Waals surface area contributed by atoms with Crippen molar-refractivity contribution in [2.45, 2.75) is 49.0 Å². The minimum Gasteiger partial charge on any atom is -0.460 e. The fourth-order valence-electron chi connectivity index (χ4n) is 5.39. The molecular weight excluding hydrogens is 520 g/mol. The zero-order valence-corrected chi connectivity index (χ0v) is 22.7. The monoisotopic (exact) mass is 550 g/mol. The van der Waals surface area contributed by atoms with Gasteiger partial charge in [0.25, 0.3) is 0 Å². The molecule has 0 amide bonds. The Labute approximate surface area is 227 Å². The molecule has 2 unspecified atom stereocenters. The van der Waals surface area contributed by atoms with E-state index in [1.165, 1.54) is 6.07 Å². The van der Waals surface area contributed by atoms with Gasteiger partial charge >= 0.3 is 5.97 Å². The fourth-order valence-corrected chi connectivity index (χ4v) is 7.08. The van der Waals surface area contributed by atoms with E-state index in [4.69, 9.17) is 17.0 Å². The van der Waals surface area contributed by atoms with Gasteiger partial charge in [0.1, 0.15) is 18.3 Å². The molecule has 2 aromatic heterocycles. The van der Waals surface area contributed by atoms with Crippen LogP contribution in [0.25, 0.3) is 16.4 Å². The molecule has 2 heterocycles. The number of carbonyl (C=O) groups is 1. The number of nitrogens with one attached hydrogen (secondary N) is 2. The first-order valence-corrected chi connectivity index (χ1v) is 14.6. The van der Waals surface area contributed by atoms with Crippen LogP contribution in [0, 0.1) is 0 Å². The van der Waals surface area contributed by atoms with Gasteiger partial charge in [0.05, 0.1) is 15.3 Å². The molecule has 2 aromatic carbocycles. The van der Waals surface area contributed by atoms with Crippen LogP contribution in [0.2, 0.25) is 0 Å². The highest BCUT2D eigenvalue weighted by Crippen LogP contribution is 2.42. The lowest BCUT2D eigenvalue weighted by Crippen LogP contribution is -2.55. The van der Waals surface area contributed by atoms with Crippen molar-refractivity contribution < 1.29 is 17.9 Å². The number of rotatable bonds is 8. The minimum atomic E-state index is -3.95. The van der Waals surface area contributed by atoms with Gasteiger partial charge in [-0.1, -0.05) is 61.1 Å². The number of thiocarbonyl (C=S) groups is 1. The summed E-state index contributed by atoms with van der Waals surface area (Å²) in [7, 11) is -3.95. The Kier molecular flexibility index (Phi) is 7.47. The van der Waals surface area contributed by atoms with Crippen LogP contribution < -0.4 is 10.0 Å². The van der Waals surface area contributed by atoms with Crippen LogP contribution in [0.1, 0.15) is 38.2 Å². The molecule has 1 saturated carbocycles. The molecule has 4 aromatic rings. The number of esters is 1. The number of carbonyl (C=O) groups excluding carboxylic acids is 1. The number of hydrogen-bond donors (Lipinski definition) is 2. The average molecular weight is 551 g/mol. The zero-order chi connectivity index (χ0) is 26.8. The van der Waals surface area contributed by atoms with Crippen LogP contribution in [-0.2, 0) is 25.0 Å². The van der Waals surface area contributed by atoms with Crippen LogP contribution in [0.15, 0.2) is 78.1 Å². The minimum absolute atomic E-state index is 0.123. The molecule has 38 heavy (non-hydrogen) atoms. The molecule has 1 fully saturated rings. The first-order chi connectivity index (χ1) is 18.3. The van der Waals surface area contributed by atoms with E-state index in [1.54, 1.807) is 24.4 Å². The summed E-state index contributed by atoms with van der Waals surface area (Å²) >= 11 is 5.89. The second kappa shape index (κ2) is 10.8. The molecule has 0 spiro atoms. The van der Waals surface area contributed by atoms with Crippen LogP contribution in [0.4, 0.5) is 0 Å². The van der Waals surface area contributed by atoms with Crippen molar-refractivity contribution >= 4 is 49.6 Å². The number of hydrogen-bond acceptors (Lipinski definition) is 6. The van der Waals surface area contributed by atoms with Crippen LogP contribution in [-0.4, -0.2) is 48.0 Å². The number of sulfonamides is 1. The molecule has 0 bridgehead atoms. The van der Waals surface area contributed by atoms with E-state index in [9.17, 15) is 13.2 Å². The third-order valence-corrected chi connectivity index (χ3v) is 9.17. The van der Waals surface area contributed by atoms with Gasteiger partial charge in [-0.15, -0.1) is 0 Å². The Bertz CT molecular complexity index is 1600. The molecule has 198 valence electrons. The van der Waals surface area contributed by atoms with Gasteiger partial charge < -0.3 is 14.5 Å². The summed E-state index contributed by atoms with van der Waals surface area (Å²) in [5.74, 6) is -0.645. The largest absolute Gasteiger partial charge is 0.460 e. The second-order valence-electron chi connectivity index (χ2n) is 9.47. The summed E-state index contributed by atoms with van der Waals surface area (Å²) in [6.45, 7) is 2.14. The summed E-state index contributed by atoms with van der Waals surface area (Å²) in [4.78, 5) is 18.2. The number of fused-ring (bicyclic) bond motifs is 2. The van der Waals surface area contributed by atoms with Crippen molar-refractivity contribution in [3.8, 4) is 0 Å². The lowest BCUT2D eigenvalue weighted by Gasteiger charge is -2.44. The van der Waals surface area contributed by atoms with Gasteiger partial charge in [-0.05, 0) is 49.3 Å². The van der Waals surface area contributed by atoms with Crippen molar-refractivity contribution in [3.05, 3.63) is 78.8 Å². The van der Waals surface area contributed by atoms with E-state index >= 15 is 0 Å². The molecule has 0 aliphatic heterocycles. The number of imidazole rings is 1. The van der Waals surface area contributed by atoms with E-state index < -0.39 is 34.1 Å². The Hall–Kier alpha value is -3.34. The van der Waals surface area contributed by atoms with Crippen molar-refractivity contribution in [1.29, 1.82) is 0 Å². The van der Waals surface area contributed by atoms with Gasteiger partial charge in [0, 0.05) is 30.5 Å². The predicted molar refractivity (Wildman–Crippen MR) is 151 cm³/mol. The summed E-state index contributed by atoms with van der Waals surface area (Å²) in [6, 6.07) is 16.2. The van der Waals surface area contributed by atoms with Crippen molar-refractivity contribution in [1.82, 2.24) is 19.4 Å². The smallest absolute Gasteiger partial charge is 0.321 e. The molecule has 0 saturated heterocycles. The topological polar surface area (TPSA) is 102 Å². The molecule has 0 radical (unpaired) electrons. The average Bonchev–Trinajstić information content (AvgIpc) is 3.40. The first-order valence-electron chi connectivity index (χ1n) is 12.7. The maximum atomic E-state index is 13.1. The summed E-state index contributed by atoms with van der Waals surface area (Å²) in [5.41, 5.74) is 1.01. The lowest BCUT2D eigenvalue weighted by molar-refractivity contribution is -0.151. The fraction of sp³-hybridized carbons (Fsp3) is 0.321. The highest BCUT2D eigenvalue weighted by atomic mass is 32.2.